The first-order valence-corrected chi connectivity index (χ1v) is 6.11. The zero-order valence-electron chi connectivity index (χ0n) is 9.98. The van der Waals surface area contributed by atoms with Crippen LogP contribution in [0.5, 0.6) is 0 Å². The van der Waals surface area contributed by atoms with Crippen LogP contribution in [-0.2, 0) is 18.2 Å². The predicted molar refractivity (Wildman–Crippen MR) is 63.3 cm³/mol. The molecular weight excluding hydrogens is 202 g/mol. The van der Waals surface area contributed by atoms with E-state index in [0.29, 0.717) is 0 Å². The molecule has 4 heteroatoms. The molecule has 2 rings (SSSR count). The van der Waals surface area contributed by atoms with E-state index in [2.05, 4.69) is 10.4 Å². The van der Waals surface area contributed by atoms with Gasteiger partial charge >= 0.3 is 0 Å². The third kappa shape index (κ3) is 3.32. The maximum absolute atomic E-state index is 5.73. The number of rotatable bonds is 5. The molecule has 16 heavy (non-hydrogen) atoms. The number of nitrogens with one attached hydrogen (secondary N) is 1. The first-order valence-electron chi connectivity index (χ1n) is 6.11. The van der Waals surface area contributed by atoms with Crippen molar-refractivity contribution < 1.29 is 4.74 Å². The molecule has 1 saturated heterocycles. The smallest absolute Gasteiger partial charge is 0.0521 e. The van der Waals surface area contributed by atoms with Crippen molar-refractivity contribution in [2.75, 3.05) is 26.3 Å². The number of piperidine rings is 1. The van der Waals surface area contributed by atoms with Crippen molar-refractivity contribution in [3.8, 4) is 0 Å². The van der Waals surface area contributed by atoms with E-state index < -0.39 is 0 Å². The van der Waals surface area contributed by atoms with Crippen LogP contribution in [0.1, 0.15) is 18.5 Å². The van der Waals surface area contributed by atoms with Crippen LogP contribution in [0, 0.1) is 5.92 Å². The van der Waals surface area contributed by atoms with E-state index in [9.17, 15) is 0 Å². The third-order valence-electron chi connectivity index (χ3n) is 3.24. The van der Waals surface area contributed by atoms with Crippen LogP contribution in [0.15, 0.2) is 12.3 Å². The Balaban J connectivity index is 1.59. The molecule has 0 bridgehead atoms. The average molecular weight is 223 g/mol. The van der Waals surface area contributed by atoms with Crippen LogP contribution in [0.3, 0.4) is 0 Å². The summed E-state index contributed by atoms with van der Waals surface area (Å²) in [6, 6.07) is 2.05. The standard InChI is InChI=1S/C12H21N3O/c1-15-12(4-8-14-15)5-9-16-10-11-2-6-13-7-3-11/h4,8,11,13H,2-3,5-7,9-10H2,1H3. The van der Waals surface area contributed by atoms with Crippen molar-refractivity contribution >= 4 is 0 Å². The monoisotopic (exact) mass is 223 g/mol. The molecule has 4 nitrogen and oxygen atoms in total. The lowest BCUT2D eigenvalue weighted by Gasteiger charge is -2.22. The molecule has 2 heterocycles. The van der Waals surface area contributed by atoms with Crippen molar-refractivity contribution in [2.24, 2.45) is 13.0 Å². The molecule has 90 valence electrons. The summed E-state index contributed by atoms with van der Waals surface area (Å²) in [6.07, 6.45) is 5.31. The highest BCUT2D eigenvalue weighted by Crippen LogP contribution is 2.11. The SMILES string of the molecule is Cn1nccc1CCOCC1CCNCC1. The zero-order chi connectivity index (χ0) is 11.2. The largest absolute Gasteiger partial charge is 0.381 e. The molecule has 1 aromatic rings. The maximum Gasteiger partial charge on any atom is 0.0521 e. The van der Waals surface area contributed by atoms with Crippen molar-refractivity contribution in [2.45, 2.75) is 19.3 Å². The molecule has 0 unspecified atom stereocenters. The maximum atomic E-state index is 5.73. The minimum absolute atomic E-state index is 0.757. The second kappa shape index (κ2) is 6.01. The molecule has 1 aliphatic rings. The summed E-state index contributed by atoms with van der Waals surface area (Å²) < 4.78 is 7.64. The van der Waals surface area contributed by atoms with E-state index >= 15 is 0 Å². The Hall–Kier alpha value is -0.870. The minimum atomic E-state index is 0.757. The molecule has 1 N–H and O–H groups in total. The summed E-state index contributed by atoms with van der Waals surface area (Å²) >= 11 is 0. The number of nitrogens with zero attached hydrogens (tertiary/aromatic N) is 2. The minimum Gasteiger partial charge on any atom is -0.381 e. The Bertz CT molecular complexity index is 305. The molecule has 0 spiro atoms. The van der Waals surface area contributed by atoms with Crippen LogP contribution in [-0.4, -0.2) is 36.1 Å². The summed E-state index contributed by atoms with van der Waals surface area (Å²) in [5.74, 6) is 0.757. The van der Waals surface area contributed by atoms with E-state index in [1.54, 1.807) is 0 Å². The number of aryl methyl sites for hydroxylation is 1. The van der Waals surface area contributed by atoms with Gasteiger partial charge in [-0.2, -0.15) is 5.10 Å². The highest BCUT2D eigenvalue weighted by Gasteiger charge is 2.12. The van der Waals surface area contributed by atoms with Gasteiger partial charge in [0.05, 0.1) is 6.61 Å². The molecule has 0 amide bonds. The lowest BCUT2D eigenvalue weighted by molar-refractivity contribution is 0.0893. The van der Waals surface area contributed by atoms with Crippen molar-refractivity contribution in [3.05, 3.63) is 18.0 Å². The van der Waals surface area contributed by atoms with E-state index in [1.165, 1.54) is 18.5 Å². The van der Waals surface area contributed by atoms with Gasteiger partial charge in [-0.05, 0) is 37.9 Å². The summed E-state index contributed by atoms with van der Waals surface area (Å²) in [4.78, 5) is 0. The van der Waals surface area contributed by atoms with Crippen LogP contribution in [0.4, 0.5) is 0 Å². The van der Waals surface area contributed by atoms with Gasteiger partial charge in [-0.1, -0.05) is 0 Å². The van der Waals surface area contributed by atoms with E-state index in [1.807, 2.05) is 24.0 Å². The number of hydrogen-bond acceptors (Lipinski definition) is 3. The quantitative estimate of drug-likeness (QED) is 0.756. The zero-order valence-corrected chi connectivity index (χ0v) is 9.98. The van der Waals surface area contributed by atoms with Gasteiger partial charge in [0.25, 0.3) is 0 Å². The molecule has 1 aromatic heterocycles. The first kappa shape index (κ1) is 11.6. The van der Waals surface area contributed by atoms with Gasteiger partial charge in [-0.25, -0.2) is 0 Å². The number of aromatic nitrogens is 2. The predicted octanol–water partition coefficient (Wildman–Crippen LogP) is 0.979. The number of hydrogen-bond donors (Lipinski definition) is 1. The molecule has 0 radical (unpaired) electrons. The fourth-order valence-corrected chi connectivity index (χ4v) is 2.12. The molecule has 1 aliphatic heterocycles. The molecule has 0 aromatic carbocycles. The van der Waals surface area contributed by atoms with Gasteiger partial charge in [0.2, 0.25) is 0 Å². The fraction of sp³-hybridized carbons (Fsp3) is 0.750. The van der Waals surface area contributed by atoms with Crippen molar-refractivity contribution in [1.82, 2.24) is 15.1 Å². The molecule has 0 saturated carbocycles. The highest BCUT2D eigenvalue weighted by atomic mass is 16.5. The molecule has 0 aliphatic carbocycles. The molecule has 0 atom stereocenters. The van der Waals surface area contributed by atoms with Gasteiger partial charge in [0, 0.05) is 32.0 Å². The van der Waals surface area contributed by atoms with Crippen LogP contribution < -0.4 is 5.32 Å². The number of ether oxygens (including phenoxy) is 1. The highest BCUT2D eigenvalue weighted by molar-refractivity contribution is 4.99. The Morgan fingerprint density at radius 3 is 3.00 bits per heavy atom. The van der Waals surface area contributed by atoms with Gasteiger partial charge in [-0.3, -0.25) is 4.68 Å². The first-order chi connectivity index (χ1) is 7.86. The Kier molecular flexibility index (Phi) is 4.36. The lowest BCUT2D eigenvalue weighted by Crippen LogP contribution is -2.30. The van der Waals surface area contributed by atoms with E-state index in [0.717, 1.165) is 38.6 Å². The average Bonchev–Trinajstić information content (AvgIpc) is 2.72. The van der Waals surface area contributed by atoms with Crippen molar-refractivity contribution in [3.63, 3.8) is 0 Å². The lowest BCUT2D eigenvalue weighted by atomic mass is 9.99. The third-order valence-corrected chi connectivity index (χ3v) is 3.24. The van der Waals surface area contributed by atoms with E-state index in [-0.39, 0.29) is 0 Å². The topological polar surface area (TPSA) is 39.1 Å². The summed E-state index contributed by atoms with van der Waals surface area (Å²) in [7, 11) is 1.97. The van der Waals surface area contributed by atoms with Crippen LogP contribution >= 0.6 is 0 Å². The van der Waals surface area contributed by atoms with Gasteiger partial charge in [0.15, 0.2) is 0 Å². The second-order valence-corrected chi connectivity index (χ2v) is 4.46. The Labute approximate surface area is 97.0 Å². The Morgan fingerprint density at radius 1 is 1.50 bits per heavy atom. The normalized spacial score (nSPS) is 17.8. The summed E-state index contributed by atoms with van der Waals surface area (Å²) in [5, 5.41) is 7.51. The van der Waals surface area contributed by atoms with Crippen LogP contribution in [0.25, 0.3) is 0 Å². The summed E-state index contributed by atoms with van der Waals surface area (Å²) in [6.45, 7) is 4.02. The molecule has 1 fully saturated rings. The van der Waals surface area contributed by atoms with Gasteiger partial charge < -0.3 is 10.1 Å². The van der Waals surface area contributed by atoms with Gasteiger partial charge in [-0.15, -0.1) is 0 Å². The van der Waals surface area contributed by atoms with E-state index in [4.69, 9.17) is 4.74 Å². The fourth-order valence-electron chi connectivity index (χ4n) is 2.12. The van der Waals surface area contributed by atoms with Gasteiger partial charge in [0.1, 0.15) is 0 Å². The molecular formula is C12H21N3O. The second-order valence-electron chi connectivity index (χ2n) is 4.46. The van der Waals surface area contributed by atoms with Crippen LogP contribution in [0.2, 0.25) is 0 Å². The Morgan fingerprint density at radius 2 is 2.31 bits per heavy atom. The van der Waals surface area contributed by atoms with Crippen molar-refractivity contribution in [1.29, 1.82) is 0 Å². The summed E-state index contributed by atoms with van der Waals surface area (Å²) in [5.41, 5.74) is 1.24.